The van der Waals surface area contributed by atoms with Gasteiger partial charge in [-0.3, -0.25) is 9.36 Å². The van der Waals surface area contributed by atoms with Crippen LogP contribution in [0.3, 0.4) is 0 Å². The summed E-state index contributed by atoms with van der Waals surface area (Å²) in [5.41, 5.74) is 0. The molecule has 1 amide bonds. The molecule has 1 aromatic carbocycles. The second-order valence-corrected chi connectivity index (χ2v) is 10.8. The zero-order valence-corrected chi connectivity index (χ0v) is 18.0. The third-order valence-electron chi connectivity index (χ3n) is 4.77. The average molecular weight is 457 g/mol. The highest BCUT2D eigenvalue weighted by atomic mass is 35.5. The number of aromatic nitrogens is 3. The Balaban J connectivity index is 1.36. The number of thioether (sulfide) groups is 1. The lowest BCUT2D eigenvalue weighted by atomic mass is 10.3. The number of benzene rings is 1. The molecule has 2 aromatic rings. The molecule has 4 rings (SSSR count). The van der Waals surface area contributed by atoms with Gasteiger partial charge in [0.2, 0.25) is 5.91 Å². The maximum absolute atomic E-state index is 12.2. The first-order chi connectivity index (χ1) is 13.9. The summed E-state index contributed by atoms with van der Waals surface area (Å²) in [5.74, 6) is 1.39. The number of carbonyl (C=O) groups is 1. The van der Waals surface area contributed by atoms with Gasteiger partial charge in [0.1, 0.15) is 12.4 Å². The van der Waals surface area contributed by atoms with Crippen LogP contribution in [0.1, 0.15) is 31.1 Å². The van der Waals surface area contributed by atoms with Crippen LogP contribution in [0.25, 0.3) is 0 Å². The Bertz CT molecular complexity index is 1010. The van der Waals surface area contributed by atoms with Crippen LogP contribution in [-0.2, 0) is 21.2 Å². The number of hydrogen-bond acceptors (Lipinski definition) is 7. The molecule has 1 atom stereocenters. The Morgan fingerprint density at radius 3 is 2.76 bits per heavy atom. The summed E-state index contributed by atoms with van der Waals surface area (Å²) >= 11 is 7.43. The monoisotopic (exact) mass is 456 g/mol. The van der Waals surface area contributed by atoms with Crippen molar-refractivity contribution < 1.29 is 17.9 Å². The molecule has 156 valence electrons. The van der Waals surface area contributed by atoms with Gasteiger partial charge in [0.15, 0.2) is 20.8 Å². The molecule has 1 N–H and O–H groups in total. The van der Waals surface area contributed by atoms with Crippen LogP contribution >= 0.6 is 23.4 Å². The highest BCUT2D eigenvalue weighted by molar-refractivity contribution is 7.99. The van der Waals surface area contributed by atoms with Crippen molar-refractivity contribution in [2.24, 2.45) is 0 Å². The molecule has 2 heterocycles. The molecular weight excluding hydrogens is 436 g/mol. The number of rotatable bonds is 8. The molecular formula is C18H21ClN4O4S2. The van der Waals surface area contributed by atoms with Crippen LogP contribution in [0.4, 0.5) is 0 Å². The van der Waals surface area contributed by atoms with Crippen LogP contribution < -0.4 is 10.1 Å². The third-order valence-corrected chi connectivity index (χ3v) is 7.79. The SMILES string of the molecule is O=C(CSc1nnc(COc2ccccc2Cl)n1C1CC1)N[C@@H]1CCS(=O)(=O)C1. The van der Waals surface area contributed by atoms with Gasteiger partial charge in [0.25, 0.3) is 0 Å². The van der Waals surface area contributed by atoms with Gasteiger partial charge in [0, 0.05) is 12.1 Å². The van der Waals surface area contributed by atoms with E-state index in [1.807, 2.05) is 16.7 Å². The van der Waals surface area contributed by atoms with E-state index in [1.165, 1.54) is 11.8 Å². The van der Waals surface area contributed by atoms with Crippen molar-refractivity contribution in [1.82, 2.24) is 20.1 Å². The molecule has 2 aliphatic rings. The number of carbonyl (C=O) groups excluding carboxylic acids is 1. The second-order valence-electron chi connectivity index (χ2n) is 7.18. The first kappa shape index (κ1) is 20.5. The van der Waals surface area contributed by atoms with E-state index in [4.69, 9.17) is 16.3 Å². The first-order valence-electron chi connectivity index (χ1n) is 9.35. The first-order valence-corrected chi connectivity index (χ1v) is 12.5. The highest BCUT2D eigenvalue weighted by Crippen LogP contribution is 2.39. The molecule has 1 aliphatic carbocycles. The van der Waals surface area contributed by atoms with Gasteiger partial charge in [0.05, 0.1) is 22.3 Å². The maximum Gasteiger partial charge on any atom is 0.230 e. The van der Waals surface area contributed by atoms with E-state index in [1.54, 1.807) is 12.1 Å². The summed E-state index contributed by atoms with van der Waals surface area (Å²) in [5, 5.41) is 12.5. The number of halogens is 1. The van der Waals surface area contributed by atoms with Gasteiger partial charge in [-0.25, -0.2) is 8.42 Å². The molecule has 1 saturated carbocycles. The molecule has 0 unspecified atom stereocenters. The minimum absolute atomic E-state index is 0.0190. The molecule has 29 heavy (non-hydrogen) atoms. The van der Waals surface area contributed by atoms with Crippen molar-refractivity contribution in [2.45, 2.75) is 43.1 Å². The standard InChI is InChI=1S/C18H21ClN4O4S2/c19-14-3-1-2-4-15(14)27-9-16-21-22-18(23(16)13-5-6-13)28-10-17(24)20-12-7-8-29(25,26)11-12/h1-4,12-13H,5-11H2,(H,20,24)/t12-/m1/s1. The van der Waals surface area contributed by atoms with Gasteiger partial charge in [-0.05, 0) is 31.4 Å². The number of sulfone groups is 1. The quantitative estimate of drug-likeness (QED) is 0.607. The summed E-state index contributed by atoms with van der Waals surface area (Å²) in [4.78, 5) is 12.2. The smallest absolute Gasteiger partial charge is 0.230 e. The average Bonchev–Trinajstić information content (AvgIpc) is 3.34. The fraction of sp³-hybridized carbons (Fsp3) is 0.500. The van der Waals surface area contributed by atoms with E-state index in [0.717, 1.165) is 12.8 Å². The van der Waals surface area contributed by atoms with Gasteiger partial charge in [-0.1, -0.05) is 35.5 Å². The number of ether oxygens (including phenoxy) is 1. The second kappa shape index (κ2) is 8.53. The van der Waals surface area contributed by atoms with Crippen molar-refractivity contribution in [3.8, 4) is 5.75 Å². The zero-order chi connectivity index (χ0) is 20.4. The molecule has 2 fully saturated rings. The minimum atomic E-state index is -3.02. The summed E-state index contributed by atoms with van der Waals surface area (Å²) in [6.07, 6.45) is 2.55. The number of nitrogens with one attached hydrogen (secondary N) is 1. The van der Waals surface area contributed by atoms with E-state index >= 15 is 0 Å². The van der Waals surface area contributed by atoms with Crippen molar-refractivity contribution in [3.05, 3.63) is 35.1 Å². The Hall–Kier alpha value is -1.78. The Kier molecular flexibility index (Phi) is 6.03. The molecule has 1 saturated heterocycles. The lowest BCUT2D eigenvalue weighted by Crippen LogP contribution is -2.36. The Morgan fingerprint density at radius 1 is 1.28 bits per heavy atom. The fourth-order valence-electron chi connectivity index (χ4n) is 3.22. The van der Waals surface area contributed by atoms with E-state index in [0.29, 0.717) is 34.2 Å². The van der Waals surface area contributed by atoms with E-state index in [-0.39, 0.29) is 35.8 Å². The number of nitrogens with zero attached hydrogens (tertiary/aromatic N) is 3. The fourth-order valence-corrected chi connectivity index (χ4v) is 5.92. The topological polar surface area (TPSA) is 103 Å². The van der Waals surface area contributed by atoms with Crippen LogP contribution in [-0.4, -0.2) is 52.4 Å². The van der Waals surface area contributed by atoms with Crippen molar-refractivity contribution in [3.63, 3.8) is 0 Å². The number of amides is 1. The summed E-state index contributed by atoms with van der Waals surface area (Å²) in [7, 11) is -3.02. The van der Waals surface area contributed by atoms with Crippen molar-refractivity contribution >= 4 is 39.1 Å². The van der Waals surface area contributed by atoms with Gasteiger partial charge >= 0.3 is 0 Å². The normalized spacial score (nSPS) is 20.5. The summed E-state index contributed by atoms with van der Waals surface area (Å²) in [6, 6.07) is 7.26. The van der Waals surface area contributed by atoms with Crippen molar-refractivity contribution in [2.75, 3.05) is 17.3 Å². The third kappa shape index (κ3) is 5.23. The molecule has 11 heteroatoms. The maximum atomic E-state index is 12.2. The van der Waals surface area contributed by atoms with Gasteiger partial charge < -0.3 is 10.1 Å². The summed E-state index contributed by atoms with van der Waals surface area (Å²) < 4.78 is 30.8. The Labute approximate surface area is 178 Å². The van der Waals surface area contributed by atoms with Gasteiger partial charge in [-0.15, -0.1) is 10.2 Å². The minimum Gasteiger partial charge on any atom is -0.484 e. The molecule has 0 bridgehead atoms. The molecule has 8 nitrogen and oxygen atoms in total. The summed E-state index contributed by atoms with van der Waals surface area (Å²) in [6.45, 7) is 0.236. The molecule has 0 spiro atoms. The Morgan fingerprint density at radius 2 is 2.07 bits per heavy atom. The largest absolute Gasteiger partial charge is 0.484 e. The van der Waals surface area contributed by atoms with Crippen molar-refractivity contribution in [1.29, 1.82) is 0 Å². The van der Waals surface area contributed by atoms with Crippen LogP contribution in [0, 0.1) is 0 Å². The lowest BCUT2D eigenvalue weighted by Gasteiger charge is -2.12. The molecule has 1 aromatic heterocycles. The molecule has 1 aliphatic heterocycles. The van der Waals surface area contributed by atoms with Gasteiger partial charge in [-0.2, -0.15) is 0 Å². The highest BCUT2D eigenvalue weighted by Gasteiger charge is 2.31. The predicted molar refractivity (Wildman–Crippen MR) is 110 cm³/mol. The zero-order valence-electron chi connectivity index (χ0n) is 15.6. The van der Waals surface area contributed by atoms with E-state index in [9.17, 15) is 13.2 Å². The van der Waals surface area contributed by atoms with E-state index < -0.39 is 9.84 Å². The van der Waals surface area contributed by atoms with Crippen LogP contribution in [0.2, 0.25) is 5.02 Å². The van der Waals surface area contributed by atoms with Crippen LogP contribution in [0.15, 0.2) is 29.4 Å². The molecule has 0 radical (unpaired) electrons. The number of para-hydroxylation sites is 1. The number of hydrogen-bond donors (Lipinski definition) is 1. The van der Waals surface area contributed by atoms with E-state index in [2.05, 4.69) is 15.5 Å². The predicted octanol–water partition coefficient (Wildman–Crippen LogP) is 2.24. The lowest BCUT2D eigenvalue weighted by molar-refractivity contribution is -0.119. The van der Waals surface area contributed by atoms with Crippen LogP contribution in [0.5, 0.6) is 5.75 Å².